The van der Waals surface area contributed by atoms with Crippen LogP contribution in [0.4, 0.5) is 0 Å². The molecule has 21 heavy (non-hydrogen) atoms. The van der Waals surface area contributed by atoms with Gasteiger partial charge in [-0.3, -0.25) is 0 Å². The molecule has 0 unspecified atom stereocenters. The predicted molar refractivity (Wildman–Crippen MR) is 89.8 cm³/mol. The summed E-state index contributed by atoms with van der Waals surface area (Å²) in [5, 5.41) is 11.5. The van der Waals surface area contributed by atoms with Gasteiger partial charge in [-0.2, -0.15) is 5.10 Å². The van der Waals surface area contributed by atoms with Crippen LogP contribution in [0.3, 0.4) is 0 Å². The summed E-state index contributed by atoms with van der Waals surface area (Å²) in [6.45, 7) is 0. The third-order valence-electron chi connectivity index (χ3n) is 3.14. The van der Waals surface area contributed by atoms with E-state index in [2.05, 4.69) is 38.3 Å². The normalized spacial score (nSPS) is 10.8. The Morgan fingerprint density at radius 3 is 2.90 bits per heavy atom. The number of halogens is 1. The highest BCUT2D eigenvalue weighted by atomic mass is 79.9. The van der Waals surface area contributed by atoms with Crippen LogP contribution in [0.1, 0.15) is 5.56 Å². The molecule has 3 rings (SSSR count). The molecule has 0 radical (unpaired) electrons. The number of hydrogen-bond donors (Lipinski definition) is 0. The van der Waals surface area contributed by atoms with Gasteiger partial charge in [0.2, 0.25) is 0 Å². The van der Waals surface area contributed by atoms with E-state index in [1.807, 2.05) is 30.3 Å². The highest BCUT2D eigenvalue weighted by molar-refractivity contribution is 9.10. The second-order valence-corrected chi connectivity index (χ2v) is 6.36. The van der Waals surface area contributed by atoms with Gasteiger partial charge >= 0.3 is 0 Å². The lowest BCUT2D eigenvalue weighted by molar-refractivity contribution is 0.411. The molecule has 0 saturated heterocycles. The number of ether oxygens (including phenoxy) is 1. The first kappa shape index (κ1) is 14.4. The van der Waals surface area contributed by atoms with E-state index in [1.54, 1.807) is 25.1 Å². The van der Waals surface area contributed by atoms with Crippen molar-refractivity contribution in [1.82, 2.24) is 10.2 Å². The Bertz CT molecular complexity index is 774. The zero-order valence-electron chi connectivity index (χ0n) is 11.4. The Labute approximate surface area is 135 Å². The molecule has 2 aromatic carbocycles. The average Bonchev–Trinajstić information content (AvgIpc) is 2.53. The molecule has 3 aromatic rings. The van der Waals surface area contributed by atoms with Gasteiger partial charge in [0.25, 0.3) is 0 Å². The smallest absolute Gasteiger partial charge is 0.127 e. The fourth-order valence-corrected chi connectivity index (χ4v) is 3.49. The summed E-state index contributed by atoms with van der Waals surface area (Å²) < 4.78 is 6.45. The third kappa shape index (κ3) is 3.19. The molecule has 0 amide bonds. The molecular weight excluding hydrogens is 348 g/mol. The summed E-state index contributed by atoms with van der Waals surface area (Å²) in [6, 6.07) is 14.2. The van der Waals surface area contributed by atoms with Gasteiger partial charge in [0, 0.05) is 26.6 Å². The summed E-state index contributed by atoms with van der Waals surface area (Å²) in [4.78, 5) is 0. The Morgan fingerprint density at radius 1 is 1.19 bits per heavy atom. The number of nitrogens with zero attached hydrogens (tertiary/aromatic N) is 2. The largest absolute Gasteiger partial charge is 0.496 e. The molecule has 0 aliphatic carbocycles. The summed E-state index contributed by atoms with van der Waals surface area (Å²) in [5.74, 6) is 1.67. The first-order chi connectivity index (χ1) is 10.3. The van der Waals surface area contributed by atoms with E-state index in [-0.39, 0.29) is 0 Å². The quantitative estimate of drug-likeness (QED) is 0.632. The van der Waals surface area contributed by atoms with Crippen LogP contribution < -0.4 is 4.74 Å². The van der Waals surface area contributed by atoms with Gasteiger partial charge in [-0.1, -0.05) is 52.0 Å². The molecule has 1 heterocycles. The average molecular weight is 361 g/mol. The van der Waals surface area contributed by atoms with E-state index in [1.165, 1.54) is 0 Å². The molecule has 106 valence electrons. The zero-order chi connectivity index (χ0) is 14.7. The van der Waals surface area contributed by atoms with Gasteiger partial charge in [0.05, 0.1) is 13.3 Å². The van der Waals surface area contributed by atoms with Crippen molar-refractivity contribution in [3.05, 3.63) is 58.7 Å². The summed E-state index contributed by atoms with van der Waals surface area (Å²) in [5.41, 5.74) is 1.13. The van der Waals surface area contributed by atoms with Crippen LogP contribution >= 0.6 is 27.7 Å². The molecule has 0 fully saturated rings. The van der Waals surface area contributed by atoms with Gasteiger partial charge in [-0.05, 0) is 18.2 Å². The van der Waals surface area contributed by atoms with Gasteiger partial charge in [-0.15, -0.1) is 5.10 Å². The minimum Gasteiger partial charge on any atom is -0.496 e. The molecule has 0 bridgehead atoms. The predicted octanol–water partition coefficient (Wildman–Crippen LogP) is 4.69. The number of thioether (sulfide) groups is 1. The van der Waals surface area contributed by atoms with Crippen LogP contribution in [0, 0.1) is 0 Å². The van der Waals surface area contributed by atoms with Crippen LogP contribution in [-0.4, -0.2) is 17.3 Å². The van der Waals surface area contributed by atoms with Crippen molar-refractivity contribution < 1.29 is 4.74 Å². The van der Waals surface area contributed by atoms with E-state index < -0.39 is 0 Å². The van der Waals surface area contributed by atoms with E-state index in [0.717, 1.165) is 37.3 Å². The lowest BCUT2D eigenvalue weighted by Crippen LogP contribution is -1.92. The van der Waals surface area contributed by atoms with Crippen molar-refractivity contribution in [1.29, 1.82) is 0 Å². The fraction of sp³-hybridized carbons (Fsp3) is 0.125. The number of fused-ring (bicyclic) bond motifs is 1. The third-order valence-corrected chi connectivity index (χ3v) is 4.67. The fourth-order valence-electron chi connectivity index (χ4n) is 2.11. The van der Waals surface area contributed by atoms with Crippen LogP contribution in [-0.2, 0) is 5.75 Å². The molecule has 0 aliphatic heterocycles. The Hall–Kier alpha value is -1.59. The van der Waals surface area contributed by atoms with Gasteiger partial charge in [0.1, 0.15) is 10.8 Å². The van der Waals surface area contributed by atoms with Crippen LogP contribution in [0.15, 0.2) is 58.2 Å². The van der Waals surface area contributed by atoms with Gasteiger partial charge in [-0.25, -0.2) is 0 Å². The number of hydrogen-bond acceptors (Lipinski definition) is 4. The van der Waals surface area contributed by atoms with Crippen molar-refractivity contribution in [3.8, 4) is 5.75 Å². The second-order valence-electron chi connectivity index (χ2n) is 4.48. The lowest BCUT2D eigenvalue weighted by Gasteiger charge is -2.09. The highest BCUT2D eigenvalue weighted by Crippen LogP contribution is 2.32. The van der Waals surface area contributed by atoms with E-state index >= 15 is 0 Å². The van der Waals surface area contributed by atoms with E-state index in [9.17, 15) is 0 Å². The van der Waals surface area contributed by atoms with Crippen molar-refractivity contribution in [2.75, 3.05) is 7.11 Å². The molecule has 0 spiro atoms. The Balaban J connectivity index is 1.89. The zero-order valence-corrected chi connectivity index (χ0v) is 13.8. The maximum Gasteiger partial charge on any atom is 0.127 e. The van der Waals surface area contributed by atoms with Gasteiger partial charge in [0.15, 0.2) is 0 Å². The number of benzene rings is 2. The maximum atomic E-state index is 5.41. The van der Waals surface area contributed by atoms with Crippen molar-refractivity contribution in [2.24, 2.45) is 0 Å². The second kappa shape index (κ2) is 6.45. The summed E-state index contributed by atoms with van der Waals surface area (Å²) >= 11 is 5.17. The molecule has 0 saturated carbocycles. The van der Waals surface area contributed by atoms with E-state index in [0.29, 0.717) is 0 Å². The lowest BCUT2D eigenvalue weighted by atomic mass is 10.2. The topological polar surface area (TPSA) is 35.0 Å². The van der Waals surface area contributed by atoms with Crippen molar-refractivity contribution >= 4 is 38.5 Å². The van der Waals surface area contributed by atoms with Gasteiger partial charge < -0.3 is 4.74 Å². The van der Waals surface area contributed by atoms with Crippen LogP contribution in [0.2, 0.25) is 0 Å². The van der Waals surface area contributed by atoms with Crippen LogP contribution in [0.25, 0.3) is 10.8 Å². The summed E-state index contributed by atoms with van der Waals surface area (Å²) in [7, 11) is 1.69. The van der Waals surface area contributed by atoms with Crippen LogP contribution in [0.5, 0.6) is 5.75 Å². The van der Waals surface area contributed by atoms with E-state index in [4.69, 9.17) is 4.74 Å². The molecule has 0 aliphatic rings. The minimum absolute atomic E-state index is 0.783. The first-order valence-corrected chi connectivity index (χ1v) is 8.21. The maximum absolute atomic E-state index is 5.41. The molecule has 1 aromatic heterocycles. The minimum atomic E-state index is 0.783. The monoisotopic (exact) mass is 360 g/mol. The Morgan fingerprint density at radius 2 is 2.05 bits per heavy atom. The van der Waals surface area contributed by atoms with Crippen molar-refractivity contribution in [2.45, 2.75) is 10.8 Å². The number of methoxy groups -OCH3 is 1. The SMILES string of the molecule is COc1ccc(Br)cc1CSc1nncc2ccccc12. The molecule has 0 N–H and O–H groups in total. The number of aromatic nitrogens is 2. The standard InChI is InChI=1S/C16H13BrN2OS/c1-20-15-7-6-13(17)8-12(15)10-21-16-14-5-3-2-4-11(14)9-18-19-16/h2-9H,10H2,1H3. The molecule has 5 heteroatoms. The molecule has 3 nitrogen and oxygen atoms in total. The summed E-state index contributed by atoms with van der Waals surface area (Å²) in [6.07, 6.45) is 1.79. The molecular formula is C16H13BrN2OS. The van der Waals surface area contributed by atoms with Crippen molar-refractivity contribution in [3.63, 3.8) is 0 Å². The first-order valence-electron chi connectivity index (χ1n) is 6.43. The Kier molecular flexibility index (Phi) is 4.41. The molecule has 0 atom stereocenters. The number of rotatable bonds is 4. The highest BCUT2D eigenvalue weighted by Gasteiger charge is 2.08.